The third-order valence-electron chi connectivity index (χ3n) is 6.85. The lowest BCUT2D eigenvalue weighted by molar-refractivity contribution is -0.0592. The Morgan fingerprint density at radius 3 is 2.62 bits per heavy atom. The quantitative estimate of drug-likeness (QED) is 0.452. The van der Waals surface area contributed by atoms with Gasteiger partial charge in [-0.1, -0.05) is 12.1 Å². The van der Waals surface area contributed by atoms with Crippen LogP contribution in [0, 0.1) is 0 Å². The van der Waals surface area contributed by atoms with Gasteiger partial charge in [-0.25, -0.2) is 4.98 Å². The summed E-state index contributed by atoms with van der Waals surface area (Å²) in [6, 6.07) is 10.9. The fourth-order valence-corrected chi connectivity index (χ4v) is 4.83. The molecule has 0 spiro atoms. The van der Waals surface area contributed by atoms with Crippen molar-refractivity contribution in [2.75, 3.05) is 19.7 Å². The lowest BCUT2D eigenvalue weighted by Gasteiger charge is -2.33. The van der Waals surface area contributed by atoms with Crippen LogP contribution in [-0.4, -0.2) is 56.2 Å². The second-order valence-corrected chi connectivity index (χ2v) is 8.95. The van der Waals surface area contributed by atoms with Crippen LogP contribution in [0.4, 0.5) is 0 Å². The number of ether oxygens (including phenoxy) is 1. The minimum atomic E-state index is -0.0539. The zero-order valence-electron chi connectivity index (χ0n) is 18.3. The highest BCUT2D eigenvalue weighted by Gasteiger charge is 2.26. The summed E-state index contributed by atoms with van der Waals surface area (Å²) in [5.74, 6) is 1.24. The van der Waals surface area contributed by atoms with Crippen LogP contribution in [-0.2, 0) is 17.8 Å². The number of Topliss-reactive ketones (excluding diaryl/α,β-unsaturated/α-hetero) is 1. The Bertz CT molecular complexity index is 1140. The highest BCUT2D eigenvalue weighted by atomic mass is 16.5. The van der Waals surface area contributed by atoms with Gasteiger partial charge in [0.1, 0.15) is 5.82 Å². The van der Waals surface area contributed by atoms with Crippen molar-refractivity contribution < 1.29 is 19.7 Å². The van der Waals surface area contributed by atoms with Gasteiger partial charge in [0.25, 0.3) is 0 Å². The number of aromatic nitrogens is 2. The smallest absolute Gasteiger partial charge is 0.160 e. The van der Waals surface area contributed by atoms with E-state index in [1.54, 1.807) is 13.0 Å². The van der Waals surface area contributed by atoms with Crippen LogP contribution in [0.1, 0.15) is 53.8 Å². The molecule has 0 unspecified atom stereocenters. The maximum atomic E-state index is 11.9. The number of para-hydroxylation sites is 1. The van der Waals surface area contributed by atoms with Gasteiger partial charge >= 0.3 is 0 Å². The molecule has 1 atom stereocenters. The van der Waals surface area contributed by atoms with Crippen molar-refractivity contribution in [3.05, 3.63) is 53.3 Å². The molecule has 2 N–H and O–H groups in total. The molecular formula is C25H29N3O4. The molecule has 2 aromatic carbocycles. The number of hydrogen-bond donors (Lipinski definition) is 2. The number of carbonyl (C=O) groups is 1. The summed E-state index contributed by atoms with van der Waals surface area (Å²) in [6.45, 7) is 5.66. The second-order valence-electron chi connectivity index (χ2n) is 8.95. The first-order chi connectivity index (χ1) is 15.5. The Morgan fingerprint density at radius 2 is 1.94 bits per heavy atom. The molecule has 0 aliphatic carbocycles. The topological polar surface area (TPSA) is 87.8 Å². The summed E-state index contributed by atoms with van der Waals surface area (Å²) in [6.07, 6.45) is 3.07. The number of rotatable bonds is 6. The molecule has 2 saturated heterocycles. The highest BCUT2D eigenvalue weighted by molar-refractivity contribution is 5.97. The summed E-state index contributed by atoms with van der Waals surface area (Å²) >= 11 is 0. The summed E-state index contributed by atoms with van der Waals surface area (Å²) in [5, 5.41) is 20.1. The maximum Gasteiger partial charge on any atom is 0.160 e. The molecule has 2 fully saturated rings. The molecule has 3 aromatic rings. The van der Waals surface area contributed by atoms with Crippen molar-refractivity contribution in [3.8, 4) is 11.5 Å². The summed E-state index contributed by atoms with van der Waals surface area (Å²) in [7, 11) is 0. The Labute approximate surface area is 187 Å². The van der Waals surface area contributed by atoms with Gasteiger partial charge in [-0.15, -0.1) is 0 Å². The van der Waals surface area contributed by atoms with Gasteiger partial charge in [-0.05, 0) is 69.5 Å². The predicted octanol–water partition coefficient (Wildman–Crippen LogP) is 3.82. The lowest BCUT2D eigenvalue weighted by Crippen LogP contribution is -2.35. The molecule has 0 radical (unpaired) electrons. The van der Waals surface area contributed by atoms with Crippen molar-refractivity contribution in [2.45, 2.75) is 51.3 Å². The van der Waals surface area contributed by atoms with E-state index in [1.807, 2.05) is 24.3 Å². The van der Waals surface area contributed by atoms with Crippen LogP contribution in [0.25, 0.3) is 11.0 Å². The van der Waals surface area contributed by atoms with E-state index in [1.165, 1.54) is 6.07 Å². The molecule has 0 bridgehead atoms. The van der Waals surface area contributed by atoms with Gasteiger partial charge < -0.3 is 19.5 Å². The van der Waals surface area contributed by atoms with Crippen LogP contribution in [0.5, 0.6) is 11.5 Å². The van der Waals surface area contributed by atoms with E-state index < -0.39 is 0 Å². The zero-order valence-corrected chi connectivity index (χ0v) is 18.3. The summed E-state index contributed by atoms with van der Waals surface area (Å²) < 4.78 is 7.91. The Hall–Kier alpha value is -2.90. The van der Waals surface area contributed by atoms with Crippen molar-refractivity contribution in [1.29, 1.82) is 0 Å². The minimum Gasteiger partial charge on any atom is -0.504 e. The number of carbonyl (C=O) groups excluding carboxylic acids is 1. The normalized spacial score (nSPS) is 19.8. The fraction of sp³-hybridized carbons (Fsp3) is 0.440. The maximum absolute atomic E-state index is 11.9. The largest absolute Gasteiger partial charge is 0.504 e. The SMILES string of the molecule is CC(=O)c1ccc2nc(CN3CCC(c4cccc(O)c4O)CC3)n(C[C@@H]3CCO3)c2c1. The third kappa shape index (κ3) is 3.98. The molecule has 0 amide bonds. The molecule has 3 heterocycles. The van der Waals surface area contributed by atoms with E-state index in [2.05, 4.69) is 9.47 Å². The average Bonchev–Trinajstić information content (AvgIpc) is 3.09. The van der Waals surface area contributed by atoms with Crippen LogP contribution in [0.15, 0.2) is 36.4 Å². The summed E-state index contributed by atoms with van der Waals surface area (Å²) in [4.78, 5) is 19.2. The molecule has 0 saturated carbocycles. The zero-order chi connectivity index (χ0) is 22.2. The van der Waals surface area contributed by atoms with Gasteiger partial charge in [0.15, 0.2) is 17.3 Å². The number of fused-ring (bicyclic) bond motifs is 1. The molecule has 168 valence electrons. The van der Waals surface area contributed by atoms with Gasteiger partial charge in [0.05, 0.1) is 30.2 Å². The van der Waals surface area contributed by atoms with Gasteiger partial charge in [-0.3, -0.25) is 9.69 Å². The number of benzene rings is 2. The number of aromatic hydroxyl groups is 2. The standard InChI is InChI=1S/C25H29N3O4/c1-16(29)18-5-6-21-22(13-18)28(14-19-9-12-32-19)24(26-21)15-27-10-7-17(8-11-27)20-3-2-4-23(30)25(20)31/h2-6,13,17,19,30-31H,7-12,14-15H2,1H3/t19-/m0/s1. The molecular weight excluding hydrogens is 406 g/mol. The second kappa shape index (κ2) is 8.56. The van der Waals surface area contributed by atoms with Gasteiger partial charge in [-0.2, -0.15) is 0 Å². The molecule has 32 heavy (non-hydrogen) atoms. The molecule has 2 aliphatic heterocycles. The molecule has 5 rings (SSSR count). The highest BCUT2D eigenvalue weighted by Crippen LogP contribution is 2.38. The van der Waals surface area contributed by atoms with Crippen LogP contribution in [0.2, 0.25) is 0 Å². The summed E-state index contributed by atoms with van der Waals surface area (Å²) in [5.41, 5.74) is 3.42. The Morgan fingerprint density at radius 1 is 1.16 bits per heavy atom. The van der Waals surface area contributed by atoms with Crippen molar-refractivity contribution in [2.24, 2.45) is 0 Å². The lowest BCUT2D eigenvalue weighted by atomic mass is 9.88. The fourth-order valence-electron chi connectivity index (χ4n) is 4.83. The Kier molecular flexibility index (Phi) is 5.61. The van der Waals surface area contributed by atoms with Gasteiger partial charge in [0.2, 0.25) is 0 Å². The number of hydrogen-bond acceptors (Lipinski definition) is 6. The molecule has 7 heteroatoms. The number of piperidine rings is 1. The number of phenolic OH excluding ortho intramolecular Hbond substituents is 2. The van der Waals surface area contributed by atoms with Gasteiger partial charge in [0, 0.05) is 17.7 Å². The number of nitrogens with zero attached hydrogens (tertiary/aromatic N) is 3. The van der Waals surface area contributed by atoms with Crippen LogP contribution >= 0.6 is 0 Å². The van der Waals surface area contributed by atoms with Crippen LogP contribution < -0.4 is 0 Å². The van der Waals surface area contributed by atoms with E-state index in [0.29, 0.717) is 5.56 Å². The first-order valence-corrected chi connectivity index (χ1v) is 11.3. The van der Waals surface area contributed by atoms with Crippen molar-refractivity contribution in [1.82, 2.24) is 14.5 Å². The predicted molar refractivity (Wildman–Crippen MR) is 121 cm³/mol. The number of likely N-dealkylation sites (tertiary alicyclic amines) is 1. The monoisotopic (exact) mass is 435 g/mol. The van der Waals surface area contributed by atoms with E-state index in [-0.39, 0.29) is 29.3 Å². The minimum absolute atomic E-state index is 0.00881. The van der Waals surface area contributed by atoms with E-state index in [0.717, 1.165) is 74.5 Å². The van der Waals surface area contributed by atoms with Crippen molar-refractivity contribution in [3.63, 3.8) is 0 Å². The van der Waals surface area contributed by atoms with E-state index >= 15 is 0 Å². The number of ketones is 1. The first kappa shape index (κ1) is 21.0. The van der Waals surface area contributed by atoms with E-state index in [9.17, 15) is 15.0 Å². The third-order valence-corrected chi connectivity index (χ3v) is 6.85. The number of phenols is 2. The first-order valence-electron chi connectivity index (χ1n) is 11.3. The van der Waals surface area contributed by atoms with E-state index in [4.69, 9.17) is 9.72 Å². The molecule has 2 aliphatic rings. The molecule has 1 aromatic heterocycles. The molecule has 7 nitrogen and oxygen atoms in total. The van der Waals surface area contributed by atoms with Crippen molar-refractivity contribution >= 4 is 16.8 Å². The number of imidazole rings is 1. The average molecular weight is 436 g/mol. The van der Waals surface area contributed by atoms with Crippen LogP contribution in [0.3, 0.4) is 0 Å². The Balaban J connectivity index is 1.35.